The fourth-order valence-electron chi connectivity index (χ4n) is 9.34. The van der Waals surface area contributed by atoms with Gasteiger partial charge in [0.25, 0.3) is 0 Å². The van der Waals surface area contributed by atoms with E-state index in [1.54, 1.807) is 0 Å². The highest BCUT2D eigenvalue weighted by Crippen LogP contribution is 2.47. The maximum atomic E-state index is 2.46. The second-order valence-electron chi connectivity index (χ2n) is 15.3. The molecule has 0 fully saturated rings. The smallest absolute Gasteiger partial charge is 0.0640 e. The zero-order valence-electron chi connectivity index (χ0n) is 32.1. The van der Waals surface area contributed by atoms with Crippen LogP contribution in [0.3, 0.4) is 0 Å². The van der Waals surface area contributed by atoms with Crippen LogP contribution in [0.25, 0.3) is 91.5 Å². The molecule has 0 aliphatic carbocycles. The van der Waals surface area contributed by atoms with E-state index in [0.29, 0.717) is 0 Å². The number of rotatable bonds is 6. The number of hydrogen-bond acceptors (Lipinski definition) is 2. The van der Waals surface area contributed by atoms with Gasteiger partial charge in [0.1, 0.15) is 0 Å². The summed E-state index contributed by atoms with van der Waals surface area (Å²) in [5, 5.41) is 10.1. The van der Waals surface area contributed by atoms with Crippen molar-refractivity contribution in [2.24, 2.45) is 0 Å². The van der Waals surface area contributed by atoms with Crippen LogP contribution in [-0.2, 0) is 0 Å². The van der Waals surface area contributed by atoms with Gasteiger partial charge in [-0.25, -0.2) is 0 Å². The molecule has 0 atom stereocenters. The van der Waals surface area contributed by atoms with Crippen molar-refractivity contribution in [1.29, 1.82) is 0 Å². The van der Waals surface area contributed by atoms with Gasteiger partial charge in [0.15, 0.2) is 0 Å². The second-order valence-corrected chi connectivity index (χ2v) is 16.3. The van der Waals surface area contributed by atoms with E-state index in [1.165, 1.54) is 91.5 Å². The Bertz CT molecular complexity index is 3540. The van der Waals surface area contributed by atoms with E-state index >= 15 is 0 Å². The Balaban J connectivity index is 1.09. The molecular weight excluding hydrogens is 733 g/mol. The number of hydrogen-bond donors (Lipinski definition) is 0. The van der Waals surface area contributed by atoms with Gasteiger partial charge in [-0.2, -0.15) is 0 Å². The molecule has 59 heavy (non-hydrogen) atoms. The predicted molar refractivity (Wildman–Crippen MR) is 254 cm³/mol. The van der Waals surface area contributed by atoms with Crippen LogP contribution in [0.2, 0.25) is 0 Å². The van der Waals surface area contributed by atoms with Crippen LogP contribution in [-0.4, -0.2) is 4.57 Å². The summed E-state index contributed by atoms with van der Waals surface area (Å²) in [6, 6.07) is 79.9. The molecule has 3 heteroatoms. The molecule has 10 aromatic carbocycles. The van der Waals surface area contributed by atoms with E-state index in [2.05, 4.69) is 228 Å². The average Bonchev–Trinajstić information content (AvgIpc) is 3.86. The zero-order chi connectivity index (χ0) is 38.9. The van der Waals surface area contributed by atoms with Crippen LogP contribution < -0.4 is 4.90 Å². The maximum Gasteiger partial charge on any atom is 0.0640 e. The monoisotopic (exact) mass is 768 g/mol. The average molecular weight is 769 g/mol. The van der Waals surface area contributed by atoms with Crippen molar-refractivity contribution >= 4 is 91.9 Å². The number of anilines is 3. The van der Waals surface area contributed by atoms with Crippen LogP contribution in [0, 0.1) is 0 Å². The van der Waals surface area contributed by atoms with Gasteiger partial charge in [0, 0.05) is 43.3 Å². The first kappa shape index (κ1) is 33.7. The lowest BCUT2D eigenvalue weighted by molar-refractivity contribution is 1.18. The Morgan fingerprint density at radius 3 is 1.80 bits per heavy atom. The predicted octanol–water partition coefficient (Wildman–Crippen LogP) is 16.3. The number of aromatic nitrogens is 1. The van der Waals surface area contributed by atoms with Gasteiger partial charge in [0.05, 0.1) is 21.4 Å². The number of fused-ring (bicyclic) bond motifs is 9. The standard InChI is InChI=1S/C56H36N2S/c1-3-14-37(15-4-1)44-23-11-17-40-18-12-24-45(54(40)44)39-28-31-42(32-29-39)57(51-26-13-25-48-47-22-9-10-27-53(47)59-56(48)51)43-33-34-49-52(36-43)58(41-19-5-2-6-20-41)50-35-30-38-16-7-8-21-46(38)55(49)50/h1-36H. The summed E-state index contributed by atoms with van der Waals surface area (Å²) in [5.41, 5.74) is 11.8. The minimum absolute atomic E-state index is 1.11. The lowest BCUT2D eigenvalue weighted by atomic mass is 9.91. The summed E-state index contributed by atoms with van der Waals surface area (Å²) in [7, 11) is 0. The fourth-order valence-corrected chi connectivity index (χ4v) is 10.5. The molecule has 2 nitrogen and oxygen atoms in total. The lowest BCUT2D eigenvalue weighted by Gasteiger charge is -2.27. The van der Waals surface area contributed by atoms with Gasteiger partial charge in [-0.1, -0.05) is 164 Å². The Labute approximate surface area is 346 Å². The van der Waals surface area contributed by atoms with Crippen molar-refractivity contribution in [2.45, 2.75) is 0 Å². The molecule has 0 spiro atoms. The number of benzene rings is 10. The molecule has 276 valence electrons. The van der Waals surface area contributed by atoms with E-state index in [4.69, 9.17) is 0 Å². The summed E-state index contributed by atoms with van der Waals surface area (Å²) < 4.78 is 5.00. The highest BCUT2D eigenvalue weighted by Gasteiger charge is 2.22. The molecule has 0 radical (unpaired) electrons. The Morgan fingerprint density at radius 2 is 1.00 bits per heavy atom. The van der Waals surface area contributed by atoms with Crippen LogP contribution in [0.15, 0.2) is 218 Å². The maximum absolute atomic E-state index is 2.46. The van der Waals surface area contributed by atoms with Crippen molar-refractivity contribution in [3.63, 3.8) is 0 Å². The first-order valence-electron chi connectivity index (χ1n) is 20.2. The Kier molecular flexibility index (Phi) is 7.75. The van der Waals surface area contributed by atoms with E-state index in [1.807, 2.05) is 11.3 Å². The van der Waals surface area contributed by atoms with E-state index in [9.17, 15) is 0 Å². The molecule has 0 aliphatic heterocycles. The molecule has 0 saturated carbocycles. The highest BCUT2D eigenvalue weighted by molar-refractivity contribution is 7.26. The molecule has 0 bridgehead atoms. The Morgan fingerprint density at radius 1 is 0.373 bits per heavy atom. The zero-order valence-corrected chi connectivity index (χ0v) is 32.9. The summed E-state index contributed by atoms with van der Waals surface area (Å²) in [4.78, 5) is 2.46. The van der Waals surface area contributed by atoms with Crippen molar-refractivity contribution < 1.29 is 0 Å². The minimum atomic E-state index is 1.11. The van der Waals surface area contributed by atoms with E-state index < -0.39 is 0 Å². The van der Waals surface area contributed by atoms with Crippen molar-refractivity contribution in [1.82, 2.24) is 4.57 Å². The molecule has 2 heterocycles. The van der Waals surface area contributed by atoms with Crippen LogP contribution in [0.5, 0.6) is 0 Å². The highest BCUT2D eigenvalue weighted by atomic mass is 32.1. The third-order valence-electron chi connectivity index (χ3n) is 12.0. The molecular formula is C56H36N2S. The third-order valence-corrected chi connectivity index (χ3v) is 13.2. The van der Waals surface area contributed by atoms with Crippen LogP contribution in [0.4, 0.5) is 17.1 Å². The Hall–Kier alpha value is -7.46. The molecule has 12 rings (SSSR count). The molecule has 2 aromatic heterocycles. The van der Waals surface area contributed by atoms with Crippen molar-refractivity contribution in [3.05, 3.63) is 218 Å². The van der Waals surface area contributed by atoms with Gasteiger partial charge in [0.2, 0.25) is 0 Å². The third kappa shape index (κ3) is 5.40. The molecule has 0 aliphatic rings. The van der Waals surface area contributed by atoms with Gasteiger partial charge in [-0.05, 0) is 98.4 Å². The van der Waals surface area contributed by atoms with Gasteiger partial charge < -0.3 is 9.47 Å². The summed E-state index contributed by atoms with van der Waals surface area (Å²) >= 11 is 1.87. The van der Waals surface area contributed by atoms with Crippen molar-refractivity contribution in [3.8, 4) is 27.9 Å². The molecule has 0 unspecified atom stereocenters. The normalized spacial score (nSPS) is 11.7. The molecule has 0 saturated heterocycles. The summed E-state index contributed by atoms with van der Waals surface area (Å²) in [6.45, 7) is 0. The quantitative estimate of drug-likeness (QED) is 0.164. The topological polar surface area (TPSA) is 8.17 Å². The lowest BCUT2D eigenvalue weighted by Crippen LogP contribution is -2.10. The first-order valence-corrected chi connectivity index (χ1v) is 21.0. The molecule has 12 aromatic rings. The summed E-state index contributed by atoms with van der Waals surface area (Å²) in [6.07, 6.45) is 0. The minimum Gasteiger partial charge on any atom is -0.309 e. The van der Waals surface area contributed by atoms with Crippen molar-refractivity contribution in [2.75, 3.05) is 4.90 Å². The second kappa shape index (κ2) is 13.6. The number of thiophene rings is 1. The summed E-state index contributed by atoms with van der Waals surface area (Å²) in [5.74, 6) is 0. The van der Waals surface area contributed by atoms with Gasteiger partial charge >= 0.3 is 0 Å². The first-order chi connectivity index (χ1) is 29.3. The fraction of sp³-hybridized carbons (Fsp3) is 0. The molecule has 0 amide bonds. The van der Waals surface area contributed by atoms with Gasteiger partial charge in [-0.3, -0.25) is 0 Å². The SMILES string of the molecule is c1ccc(-c2cccc3cccc(-c4ccc(N(c5ccc6c7c8ccccc8ccc7n(-c7ccccc7)c6c5)c5cccc6c5sc5ccccc56)cc4)c23)cc1. The van der Waals surface area contributed by atoms with Crippen LogP contribution >= 0.6 is 11.3 Å². The number of nitrogens with zero attached hydrogens (tertiary/aromatic N) is 2. The largest absolute Gasteiger partial charge is 0.309 e. The van der Waals surface area contributed by atoms with E-state index in [-0.39, 0.29) is 0 Å². The number of para-hydroxylation sites is 1. The van der Waals surface area contributed by atoms with E-state index in [0.717, 1.165) is 17.1 Å². The molecule has 0 N–H and O–H groups in total. The van der Waals surface area contributed by atoms with Gasteiger partial charge in [-0.15, -0.1) is 11.3 Å². The van der Waals surface area contributed by atoms with Crippen LogP contribution in [0.1, 0.15) is 0 Å².